The highest BCUT2D eigenvalue weighted by Crippen LogP contribution is 2.27. The van der Waals surface area contributed by atoms with Crippen molar-refractivity contribution in [3.63, 3.8) is 0 Å². The number of benzene rings is 1. The molecule has 0 bridgehead atoms. The zero-order valence-corrected chi connectivity index (χ0v) is 16.7. The number of carbonyl (C=O) groups is 1. The maximum Gasteiger partial charge on any atom is 0.321 e. The Hall–Kier alpha value is -3.40. The van der Waals surface area contributed by atoms with Crippen LogP contribution in [-0.2, 0) is 7.05 Å². The zero-order valence-electron chi connectivity index (χ0n) is 15.9. The molecule has 4 heterocycles. The highest BCUT2D eigenvalue weighted by Gasteiger charge is 2.24. The molecule has 1 fully saturated rings. The predicted octanol–water partition coefficient (Wildman–Crippen LogP) is 2.51. The van der Waals surface area contributed by atoms with E-state index in [9.17, 15) is 4.79 Å². The summed E-state index contributed by atoms with van der Waals surface area (Å²) in [7, 11) is 1.99. The Balaban J connectivity index is 1.27. The lowest BCUT2D eigenvalue weighted by Gasteiger charge is -2.35. The van der Waals surface area contributed by atoms with E-state index < -0.39 is 0 Å². The van der Waals surface area contributed by atoms with E-state index in [2.05, 4.69) is 31.2 Å². The van der Waals surface area contributed by atoms with Crippen molar-refractivity contribution in [2.24, 2.45) is 7.05 Å². The monoisotopic (exact) mass is 408 g/mol. The van der Waals surface area contributed by atoms with Gasteiger partial charge < -0.3 is 25.4 Å². The summed E-state index contributed by atoms with van der Waals surface area (Å²) in [5.74, 6) is 0.982. The topological polar surface area (TPSA) is 105 Å². The third-order valence-electron chi connectivity index (χ3n) is 5.20. The Morgan fingerprint density at radius 3 is 2.83 bits per heavy atom. The number of piperazine rings is 1. The van der Waals surface area contributed by atoms with Gasteiger partial charge in [-0.25, -0.2) is 14.8 Å². The van der Waals surface area contributed by atoms with Gasteiger partial charge in [0.05, 0.1) is 5.51 Å². The average Bonchev–Trinajstić information content (AvgIpc) is 3.34. The van der Waals surface area contributed by atoms with Crippen molar-refractivity contribution in [3.05, 3.63) is 36.0 Å². The largest absolute Gasteiger partial charge is 0.368 e. The van der Waals surface area contributed by atoms with Crippen LogP contribution in [0.4, 0.5) is 22.2 Å². The minimum absolute atomic E-state index is 0.0979. The second kappa shape index (κ2) is 6.89. The lowest BCUT2D eigenvalue weighted by molar-refractivity contribution is 0.208. The summed E-state index contributed by atoms with van der Waals surface area (Å²) in [5.41, 5.74) is 10.2. The smallest absolute Gasteiger partial charge is 0.321 e. The molecule has 0 spiro atoms. The van der Waals surface area contributed by atoms with E-state index in [4.69, 9.17) is 5.73 Å². The second-order valence-corrected chi connectivity index (χ2v) is 7.85. The highest BCUT2D eigenvalue weighted by atomic mass is 32.1. The summed E-state index contributed by atoms with van der Waals surface area (Å²) in [4.78, 5) is 30.4. The van der Waals surface area contributed by atoms with Gasteiger partial charge in [-0.2, -0.15) is 4.98 Å². The summed E-state index contributed by atoms with van der Waals surface area (Å²) in [5, 5.41) is 4.16. The lowest BCUT2D eigenvalue weighted by Crippen LogP contribution is -2.50. The van der Waals surface area contributed by atoms with E-state index in [1.54, 1.807) is 5.51 Å². The molecule has 148 valence electrons. The molecule has 9 nitrogen and oxygen atoms in total. The fourth-order valence-corrected chi connectivity index (χ4v) is 4.31. The van der Waals surface area contributed by atoms with Gasteiger partial charge in [-0.1, -0.05) is 6.07 Å². The SMILES string of the molecule is Cn1ccc2ccc(NC(=O)N3CCN(c4nc(N)nc5scnc45)CC3)cc21. The number of nitrogens with two attached hydrogens (primary N) is 1. The third-order valence-corrected chi connectivity index (χ3v) is 5.92. The first-order valence-corrected chi connectivity index (χ1v) is 10.2. The molecule has 5 rings (SSSR count). The molecule has 0 aliphatic carbocycles. The number of urea groups is 1. The van der Waals surface area contributed by atoms with Crippen LogP contribution in [-0.4, -0.2) is 56.6 Å². The Kier molecular flexibility index (Phi) is 4.20. The van der Waals surface area contributed by atoms with E-state index in [1.165, 1.54) is 11.3 Å². The van der Waals surface area contributed by atoms with Gasteiger partial charge in [0.25, 0.3) is 0 Å². The number of aromatic nitrogens is 4. The van der Waals surface area contributed by atoms with Gasteiger partial charge in [-0.15, -0.1) is 11.3 Å². The minimum atomic E-state index is -0.0979. The maximum absolute atomic E-state index is 12.7. The molecular weight excluding hydrogens is 388 g/mol. The quantitative estimate of drug-likeness (QED) is 0.528. The fraction of sp³-hybridized carbons (Fsp3) is 0.263. The van der Waals surface area contributed by atoms with Gasteiger partial charge in [-0.3, -0.25) is 0 Å². The van der Waals surface area contributed by atoms with Gasteiger partial charge in [0, 0.05) is 50.6 Å². The van der Waals surface area contributed by atoms with Crippen molar-refractivity contribution in [3.8, 4) is 0 Å². The molecule has 1 aliphatic rings. The molecule has 3 aromatic heterocycles. The Morgan fingerprint density at radius 2 is 2.00 bits per heavy atom. The van der Waals surface area contributed by atoms with Crippen LogP contribution in [0.2, 0.25) is 0 Å². The highest BCUT2D eigenvalue weighted by molar-refractivity contribution is 7.16. The fourth-order valence-electron chi connectivity index (χ4n) is 3.65. The number of aryl methyl sites for hydroxylation is 1. The first kappa shape index (κ1) is 17.7. The van der Waals surface area contributed by atoms with Crippen molar-refractivity contribution in [1.29, 1.82) is 0 Å². The first-order valence-electron chi connectivity index (χ1n) is 9.31. The summed E-state index contributed by atoms with van der Waals surface area (Å²) in [6.07, 6.45) is 2.01. The predicted molar refractivity (Wildman–Crippen MR) is 115 cm³/mol. The molecule has 1 aliphatic heterocycles. The van der Waals surface area contributed by atoms with Gasteiger partial charge >= 0.3 is 6.03 Å². The summed E-state index contributed by atoms with van der Waals surface area (Å²) >= 11 is 1.44. The van der Waals surface area contributed by atoms with Gasteiger partial charge in [0.1, 0.15) is 5.52 Å². The molecule has 1 saturated heterocycles. The summed E-state index contributed by atoms with van der Waals surface area (Å²) in [6.45, 7) is 2.50. The van der Waals surface area contributed by atoms with Crippen LogP contribution in [0.5, 0.6) is 0 Å². The van der Waals surface area contributed by atoms with Crippen molar-refractivity contribution in [2.45, 2.75) is 0 Å². The molecule has 0 atom stereocenters. The minimum Gasteiger partial charge on any atom is -0.368 e. The van der Waals surface area contributed by atoms with Crippen molar-refractivity contribution >= 4 is 56.1 Å². The number of anilines is 3. The maximum atomic E-state index is 12.7. The van der Waals surface area contributed by atoms with Crippen LogP contribution in [0.3, 0.4) is 0 Å². The second-order valence-electron chi connectivity index (χ2n) is 7.02. The summed E-state index contributed by atoms with van der Waals surface area (Å²) in [6, 6.07) is 7.89. The van der Waals surface area contributed by atoms with Crippen LogP contribution >= 0.6 is 11.3 Å². The normalized spacial score (nSPS) is 14.7. The Labute approximate surface area is 170 Å². The molecule has 3 N–H and O–H groups in total. The number of thiazole rings is 1. The number of nitrogen functional groups attached to an aromatic ring is 1. The lowest BCUT2D eigenvalue weighted by atomic mass is 10.2. The van der Waals surface area contributed by atoms with Crippen molar-refractivity contribution in [2.75, 3.05) is 42.1 Å². The standard InChI is InChI=1S/C19H20N8OS/c1-25-5-4-12-2-3-13(10-14(12)25)22-19(28)27-8-6-26(7-9-27)16-15-17(29-11-21-15)24-18(20)23-16/h2-5,10-11H,6-9H2,1H3,(H,22,28)(H2,20,23,24). The van der Waals surface area contributed by atoms with E-state index in [0.29, 0.717) is 26.2 Å². The van der Waals surface area contributed by atoms with Crippen LogP contribution in [0.1, 0.15) is 0 Å². The molecule has 0 radical (unpaired) electrons. The zero-order chi connectivity index (χ0) is 20.0. The molecule has 4 aromatic rings. The van der Waals surface area contributed by atoms with E-state index in [0.717, 1.165) is 32.8 Å². The number of amides is 2. The van der Waals surface area contributed by atoms with Crippen LogP contribution in [0.15, 0.2) is 36.0 Å². The number of rotatable bonds is 2. The molecule has 10 heteroatoms. The average molecular weight is 408 g/mol. The summed E-state index contributed by atoms with van der Waals surface area (Å²) < 4.78 is 2.04. The third kappa shape index (κ3) is 3.21. The van der Waals surface area contributed by atoms with Crippen LogP contribution < -0.4 is 16.0 Å². The van der Waals surface area contributed by atoms with E-state index >= 15 is 0 Å². The number of hydrogen-bond acceptors (Lipinski definition) is 7. The molecule has 1 aromatic carbocycles. The molecular formula is C19H20N8OS. The first-order chi connectivity index (χ1) is 14.1. The van der Waals surface area contributed by atoms with Crippen LogP contribution in [0.25, 0.3) is 21.3 Å². The number of fused-ring (bicyclic) bond motifs is 2. The molecule has 2 amide bonds. The van der Waals surface area contributed by atoms with E-state index in [-0.39, 0.29) is 12.0 Å². The molecule has 0 unspecified atom stereocenters. The number of carbonyl (C=O) groups excluding carboxylic acids is 1. The van der Waals surface area contributed by atoms with Crippen molar-refractivity contribution in [1.82, 2.24) is 24.4 Å². The van der Waals surface area contributed by atoms with Crippen LogP contribution in [0, 0.1) is 0 Å². The molecule has 29 heavy (non-hydrogen) atoms. The van der Waals surface area contributed by atoms with Crippen molar-refractivity contribution < 1.29 is 4.79 Å². The van der Waals surface area contributed by atoms with Gasteiger partial charge in [0.15, 0.2) is 10.6 Å². The Bertz CT molecular complexity index is 1210. The Morgan fingerprint density at radius 1 is 1.17 bits per heavy atom. The number of nitrogens with zero attached hydrogens (tertiary/aromatic N) is 6. The molecule has 0 saturated carbocycles. The number of hydrogen-bond donors (Lipinski definition) is 2. The van der Waals surface area contributed by atoms with Gasteiger partial charge in [-0.05, 0) is 23.6 Å². The number of nitrogens with one attached hydrogen (secondary N) is 1. The van der Waals surface area contributed by atoms with Gasteiger partial charge in [0.2, 0.25) is 5.95 Å². The van der Waals surface area contributed by atoms with E-state index in [1.807, 2.05) is 40.9 Å².